The molecule has 0 spiro atoms. The van der Waals surface area contributed by atoms with E-state index in [1.54, 1.807) is 7.11 Å². The average molecular weight is 389 g/mol. The smallest absolute Gasteiger partial charge is 0.328 e. The van der Waals surface area contributed by atoms with Gasteiger partial charge >= 0.3 is 5.97 Å². The number of hydrogen-bond donors (Lipinski definition) is 1. The molecule has 4 nitrogen and oxygen atoms in total. The molecule has 0 aromatic heterocycles. The minimum atomic E-state index is -1.12. The van der Waals surface area contributed by atoms with Gasteiger partial charge in [0.25, 0.3) is 0 Å². The number of carbonyl (C=O) groups excluding carboxylic acids is 1. The number of nitrogens with one attached hydrogen (secondary N) is 1. The molecule has 0 saturated heterocycles. The fraction of sp³-hybridized carbons (Fsp3) is 0.240. The highest BCUT2D eigenvalue weighted by molar-refractivity contribution is 5.81. The van der Waals surface area contributed by atoms with Crippen molar-refractivity contribution in [3.63, 3.8) is 0 Å². The largest absolute Gasteiger partial charge is 0.468 e. The molecule has 0 amide bonds. The summed E-state index contributed by atoms with van der Waals surface area (Å²) >= 11 is 0. The molecule has 1 N–H and O–H groups in total. The van der Waals surface area contributed by atoms with Crippen LogP contribution in [-0.2, 0) is 14.3 Å². The van der Waals surface area contributed by atoms with E-state index < -0.39 is 11.6 Å². The van der Waals surface area contributed by atoms with Crippen LogP contribution in [0, 0.1) is 0 Å². The first-order chi connectivity index (χ1) is 14.1. The number of benzene rings is 3. The summed E-state index contributed by atoms with van der Waals surface area (Å²) in [6.45, 7) is 1.83. The predicted octanol–water partition coefficient (Wildman–Crippen LogP) is 4.69. The van der Waals surface area contributed by atoms with Crippen LogP contribution in [0.2, 0.25) is 0 Å². The van der Waals surface area contributed by atoms with Gasteiger partial charge in [-0.3, -0.25) is 5.32 Å². The van der Waals surface area contributed by atoms with E-state index in [-0.39, 0.29) is 12.0 Å². The minimum Gasteiger partial charge on any atom is -0.468 e. The molecule has 3 rings (SSSR count). The van der Waals surface area contributed by atoms with Gasteiger partial charge in [0.05, 0.1) is 13.2 Å². The zero-order valence-electron chi connectivity index (χ0n) is 17.0. The molecule has 0 radical (unpaired) electrons. The Balaban J connectivity index is 2.08. The van der Waals surface area contributed by atoms with Crippen LogP contribution >= 0.6 is 0 Å². The molecule has 2 unspecified atom stereocenters. The van der Waals surface area contributed by atoms with Gasteiger partial charge in [0.15, 0.2) is 0 Å². The Labute approximate surface area is 172 Å². The Kier molecular flexibility index (Phi) is 6.81. The zero-order valence-corrected chi connectivity index (χ0v) is 17.0. The van der Waals surface area contributed by atoms with Crippen LogP contribution < -0.4 is 5.32 Å². The lowest BCUT2D eigenvalue weighted by atomic mass is 9.86. The third-order valence-corrected chi connectivity index (χ3v) is 5.18. The van der Waals surface area contributed by atoms with E-state index in [4.69, 9.17) is 9.47 Å². The van der Waals surface area contributed by atoms with Crippen molar-refractivity contribution in [2.45, 2.75) is 24.6 Å². The van der Waals surface area contributed by atoms with Crippen molar-refractivity contribution in [2.75, 3.05) is 14.2 Å². The standard InChI is InChI=1S/C25H27NO3/c1-25(24(27)29-3,23(28-2)21-17-11-6-12-18-21)26-22(19-13-7-4-8-14-19)20-15-9-5-10-16-20/h4-18,22-23,26H,1-3H3. The third kappa shape index (κ3) is 4.56. The van der Waals surface area contributed by atoms with Gasteiger partial charge in [0.1, 0.15) is 11.6 Å². The third-order valence-electron chi connectivity index (χ3n) is 5.18. The van der Waals surface area contributed by atoms with Crippen molar-refractivity contribution < 1.29 is 14.3 Å². The first kappa shape index (κ1) is 20.8. The Hall–Kier alpha value is -2.95. The number of ether oxygens (including phenoxy) is 2. The van der Waals surface area contributed by atoms with Crippen molar-refractivity contribution >= 4 is 5.97 Å². The number of carbonyl (C=O) groups is 1. The number of rotatable bonds is 8. The van der Waals surface area contributed by atoms with Gasteiger partial charge in [0.2, 0.25) is 0 Å². The van der Waals surface area contributed by atoms with Crippen molar-refractivity contribution in [2.24, 2.45) is 0 Å². The lowest BCUT2D eigenvalue weighted by molar-refractivity contribution is -0.155. The van der Waals surface area contributed by atoms with Crippen LogP contribution in [0.3, 0.4) is 0 Å². The van der Waals surface area contributed by atoms with Crippen LogP contribution in [0.25, 0.3) is 0 Å². The zero-order chi connectivity index (χ0) is 20.7. The fourth-order valence-corrected chi connectivity index (χ4v) is 3.74. The molecule has 0 aliphatic rings. The summed E-state index contributed by atoms with van der Waals surface area (Å²) < 4.78 is 11.0. The molecule has 0 bridgehead atoms. The molecule has 0 heterocycles. The van der Waals surface area contributed by atoms with E-state index in [0.29, 0.717) is 0 Å². The molecular weight excluding hydrogens is 362 g/mol. The van der Waals surface area contributed by atoms with Gasteiger partial charge < -0.3 is 9.47 Å². The Bertz CT molecular complexity index is 860. The summed E-state index contributed by atoms with van der Waals surface area (Å²) in [5.74, 6) is -0.384. The Morgan fingerprint density at radius 1 is 0.759 bits per heavy atom. The fourth-order valence-electron chi connectivity index (χ4n) is 3.74. The average Bonchev–Trinajstić information content (AvgIpc) is 2.79. The van der Waals surface area contributed by atoms with E-state index >= 15 is 0 Å². The topological polar surface area (TPSA) is 47.6 Å². The van der Waals surface area contributed by atoms with Crippen molar-refractivity contribution in [3.05, 3.63) is 108 Å². The molecule has 0 saturated carbocycles. The molecule has 0 aliphatic carbocycles. The number of hydrogen-bond acceptors (Lipinski definition) is 4. The van der Waals surface area contributed by atoms with E-state index in [9.17, 15) is 4.79 Å². The van der Waals surface area contributed by atoms with Crippen LogP contribution in [0.15, 0.2) is 91.0 Å². The molecule has 2 atom stereocenters. The molecule has 4 heteroatoms. The van der Waals surface area contributed by atoms with E-state index in [2.05, 4.69) is 5.32 Å². The highest BCUT2D eigenvalue weighted by Gasteiger charge is 2.45. The predicted molar refractivity (Wildman–Crippen MR) is 114 cm³/mol. The lowest BCUT2D eigenvalue weighted by Crippen LogP contribution is -2.56. The Morgan fingerprint density at radius 2 is 1.17 bits per heavy atom. The molecule has 3 aromatic carbocycles. The number of esters is 1. The molecule has 3 aromatic rings. The highest BCUT2D eigenvalue weighted by Crippen LogP contribution is 2.34. The van der Waals surface area contributed by atoms with Crippen LogP contribution in [0.1, 0.15) is 35.8 Å². The van der Waals surface area contributed by atoms with Gasteiger partial charge in [-0.15, -0.1) is 0 Å². The summed E-state index contributed by atoms with van der Waals surface area (Å²) in [5.41, 5.74) is 1.88. The quantitative estimate of drug-likeness (QED) is 0.568. The van der Waals surface area contributed by atoms with Gasteiger partial charge in [-0.2, -0.15) is 0 Å². The van der Waals surface area contributed by atoms with Crippen molar-refractivity contribution in [1.82, 2.24) is 5.32 Å². The van der Waals surface area contributed by atoms with E-state index in [0.717, 1.165) is 16.7 Å². The van der Waals surface area contributed by atoms with Crippen molar-refractivity contribution in [3.8, 4) is 0 Å². The normalized spacial score (nSPS) is 14.2. The van der Waals surface area contributed by atoms with Crippen LogP contribution in [0.4, 0.5) is 0 Å². The van der Waals surface area contributed by atoms with Gasteiger partial charge in [-0.25, -0.2) is 4.79 Å². The maximum atomic E-state index is 13.0. The SMILES string of the molecule is COC(=O)C(C)(NC(c1ccccc1)c1ccccc1)C(OC)c1ccccc1. The first-order valence-electron chi connectivity index (χ1n) is 9.64. The lowest BCUT2D eigenvalue weighted by Gasteiger charge is -2.38. The highest BCUT2D eigenvalue weighted by atomic mass is 16.5. The second kappa shape index (κ2) is 9.50. The van der Waals surface area contributed by atoms with Crippen LogP contribution in [0.5, 0.6) is 0 Å². The first-order valence-corrected chi connectivity index (χ1v) is 9.64. The maximum absolute atomic E-state index is 13.0. The molecule has 29 heavy (non-hydrogen) atoms. The second-order valence-electron chi connectivity index (χ2n) is 7.12. The van der Waals surface area contributed by atoms with E-state index in [1.807, 2.05) is 97.9 Å². The van der Waals surface area contributed by atoms with E-state index in [1.165, 1.54) is 7.11 Å². The molecular formula is C25H27NO3. The van der Waals surface area contributed by atoms with Crippen LogP contribution in [-0.4, -0.2) is 25.7 Å². The van der Waals surface area contributed by atoms with Gasteiger partial charge in [0, 0.05) is 7.11 Å². The Morgan fingerprint density at radius 3 is 1.55 bits per heavy atom. The summed E-state index contributed by atoms with van der Waals surface area (Å²) in [6.07, 6.45) is -0.536. The monoisotopic (exact) mass is 389 g/mol. The van der Waals surface area contributed by atoms with Gasteiger partial charge in [-0.1, -0.05) is 91.0 Å². The van der Waals surface area contributed by atoms with Crippen molar-refractivity contribution in [1.29, 1.82) is 0 Å². The maximum Gasteiger partial charge on any atom is 0.328 e. The summed E-state index contributed by atoms with van der Waals surface area (Å²) in [6, 6.07) is 29.6. The van der Waals surface area contributed by atoms with Gasteiger partial charge in [-0.05, 0) is 23.6 Å². The number of methoxy groups -OCH3 is 2. The second-order valence-corrected chi connectivity index (χ2v) is 7.12. The molecule has 0 fully saturated rings. The molecule has 0 aliphatic heterocycles. The minimum absolute atomic E-state index is 0.220. The summed E-state index contributed by atoms with van der Waals surface area (Å²) in [5, 5.41) is 3.56. The summed E-state index contributed by atoms with van der Waals surface area (Å²) in [4.78, 5) is 13.0. The molecule has 150 valence electrons. The summed E-state index contributed by atoms with van der Waals surface area (Å²) in [7, 11) is 3.01.